The molecular formula is C19H28N6O2. The molecule has 4 heterocycles. The van der Waals surface area contributed by atoms with Gasteiger partial charge >= 0.3 is 0 Å². The van der Waals surface area contributed by atoms with Gasteiger partial charge in [-0.05, 0) is 13.8 Å². The van der Waals surface area contributed by atoms with E-state index in [1.165, 1.54) is 11.3 Å². The predicted octanol–water partition coefficient (Wildman–Crippen LogP) is 0.976. The molecule has 0 bridgehead atoms. The fraction of sp³-hybridized carbons (Fsp3) is 0.632. The lowest BCUT2D eigenvalue weighted by Crippen LogP contribution is -2.38. The van der Waals surface area contributed by atoms with Gasteiger partial charge in [0.15, 0.2) is 0 Å². The molecule has 4 rings (SSSR count). The van der Waals surface area contributed by atoms with Crippen molar-refractivity contribution in [3.8, 4) is 0 Å². The molecule has 0 N–H and O–H groups in total. The number of aromatic nitrogens is 4. The van der Waals surface area contributed by atoms with Gasteiger partial charge in [0.1, 0.15) is 0 Å². The van der Waals surface area contributed by atoms with Crippen molar-refractivity contribution < 1.29 is 9.53 Å². The number of nitrogens with zero attached hydrogens (tertiary/aromatic N) is 6. The Morgan fingerprint density at radius 2 is 2.04 bits per heavy atom. The van der Waals surface area contributed by atoms with Crippen LogP contribution in [0.15, 0.2) is 6.20 Å². The van der Waals surface area contributed by atoms with E-state index in [4.69, 9.17) is 9.84 Å². The zero-order valence-electron chi connectivity index (χ0n) is 16.4. The second-order valence-electron chi connectivity index (χ2n) is 7.32. The van der Waals surface area contributed by atoms with E-state index in [0.29, 0.717) is 12.1 Å². The molecule has 2 aromatic rings. The number of ether oxygens (including phenoxy) is 1. The second kappa shape index (κ2) is 7.44. The summed E-state index contributed by atoms with van der Waals surface area (Å²) in [6.45, 7) is 10.4. The Morgan fingerprint density at radius 1 is 1.26 bits per heavy atom. The summed E-state index contributed by atoms with van der Waals surface area (Å²) in [6, 6.07) is 0. The minimum atomic E-state index is 0.0685. The van der Waals surface area contributed by atoms with E-state index < -0.39 is 0 Å². The third-order valence-electron chi connectivity index (χ3n) is 5.72. The Kier molecular flexibility index (Phi) is 5.01. The highest BCUT2D eigenvalue weighted by Crippen LogP contribution is 2.25. The van der Waals surface area contributed by atoms with E-state index in [-0.39, 0.29) is 5.91 Å². The fourth-order valence-corrected chi connectivity index (χ4v) is 4.09. The topological polar surface area (TPSA) is 68.4 Å². The van der Waals surface area contributed by atoms with Crippen LogP contribution >= 0.6 is 0 Å². The SMILES string of the molecule is CCn1ncc(C(=O)N2CCc3c(c(CN4CCOCC4)nn3C)C2)c1C. The van der Waals surface area contributed by atoms with Gasteiger partial charge in [-0.25, -0.2) is 0 Å². The van der Waals surface area contributed by atoms with Gasteiger partial charge in [-0.2, -0.15) is 10.2 Å². The van der Waals surface area contributed by atoms with E-state index in [0.717, 1.165) is 63.7 Å². The number of morpholine rings is 1. The van der Waals surface area contributed by atoms with E-state index in [2.05, 4.69) is 10.00 Å². The van der Waals surface area contributed by atoms with Crippen molar-refractivity contribution in [2.75, 3.05) is 32.8 Å². The van der Waals surface area contributed by atoms with Gasteiger partial charge in [0, 0.05) is 69.7 Å². The molecule has 0 aromatic carbocycles. The molecule has 0 radical (unpaired) electrons. The monoisotopic (exact) mass is 372 g/mol. The van der Waals surface area contributed by atoms with Gasteiger partial charge < -0.3 is 9.64 Å². The molecule has 2 aromatic heterocycles. The highest BCUT2D eigenvalue weighted by molar-refractivity contribution is 5.95. The molecule has 0 saturated carbocycles. The Morgan fingerprint density at radius 3 is 2.74 bits per heavy atom. The molecule has 2 aliphatic heterocycles. The summed E-state index contributed by atoms with van der Waals surface area (Å²) in [7, 11) is 2.01. The third kappa shape index (κ3) is 3.39. The van der Waals surface area contributed by atoms with Gasteiger partial charge in [-0.15, -0.1) is 0 Å². The van der Waals surface area contributed by atoms with Crippen LogP contribution in [0.2, 0.25) is 0 Å². The number of amides is 1. The number of hydrogen-bond donors (Lipinski definition) is 0. The average molecular weight is 372 g/mol. The number of carbonyl (C=O) groups is 1. The fourth-order valence-electron chi connectivity index (χ4n) is 4.09. The summed E-state index contributed by atoms with van der Waals surface area (Å²) in [4.78, 5) is 17.4. The number of fused-ring (bicyclic) bond motifs is 1. The number of aryl methyl sites for hydroxylation is 2. The molecule has 1 saturated heterocycles. The summed E-state index contributed by atoms with van der Waals surface area (Å²) < 4.78 is 9.31. The smallest absolute Gasteiger partial charge is 0.257 e. The summed E-state index contributed by atoms with van der Waals surface area (Å²) in [5, 5.41) is 9.10. The van der Waals surface area contributed by atoms with Crippen LogP contribution < -0.4 is 0 Å². The van der Waals surface area contributed by atoms with Crippen LogP contribution in [0.1, 0.15) is 39.9 Å². The van der Waals surface area contributed by atoms with Crippen molar-refractivity contribution >= 4 is 5.91 Å². The molecule has 8 heteroatoms. The van der Waals surface area contributed by atoms with Crippen LogP contribution in [0.3, 0.4) is 0 Å². The van der Waals surface area contributed by atoms with Crippen molar-refractivity contribution in [1.29, 1.82) is 0 Å². The molecule has 0 unspecified atom stereocenters. The summed E-state index contributed by atoms with van der Waals surface area (Å²) in [6.07, 6.45) is 2.54. The van der Waals surface area contributed by atoms with Gasteiger partial charge in [0.25, 0.3) is 5.91 Å². The Labute approximate surface area is 159 Å². The zero-order valence-corrected chi connectivity index (χ0v) is 16.4. The molecule has 2 aliphatic rings. The van der Waals surface area contributed by atoms with Crippen LogP contribution in [0.4, 0.5) is 0 Å². The van der Waals surface area contributed by atoms with E-state index in [1.54, 1.807) is 6.20 Å². The first-order valence-electron chi connectivity index (χ1n) is 9.74. The van der Waals surface area contributed by atoms with Crippen molar-refractivity contribution in [2.45, 2.75) is 39.9 Å². The maximum atomic E-state index is 13.1. The molecule has 1 amide bonds. The second-order valence-corrected chi connectivity index (χ2v) is 7.32. The third-order valence-corrected chi connectivity index (χ3v) is 5.72. The lowest BCUT2D eigenvalue weighted by Gasteiger charge is -2.29. The lowest BCUT2D eigenvalue weighted by atomic mass is 10.0. The van der Waals surface area contributed by atoms with Crippen molar-refractivity contribution in [3.63, 3.8) is 0 Å². The summed E-state index contributed by atoms with van der Waals surface area (Å²) >= 11 is 0. The summed E-state index contributed by atoms with van der Waals surface area (Å²) in [5.41, 5.74) is 5.20. The van der Waals surface area contributed by atoms with Gasteiger partial charge in [0.05, 0.1) is 30.7 Å². The van der Waals surface area contributed by atoms with Crippen LogP contribution in [0, 0.1) is 6.92 Å². The van der Waals surface area contributed by atoms with E-state index in [1.807, 2.05) is 35.2 Å². The Hall–Kier alpha value is -2.19. The number of rotatable bonds is 4. The molecule has 1 fully saturated rings. The molecule has 146 valence electrons. The molecule has 0 spiro atoms. The molecule has 0 aliphatic carbocycles. The van der Waals surface area contributed by atoms with Gasteiger partial charge in [-0.1, -0.05) is 0 Å². The van der Waals surface area contributed by atoms with E-state index >= 15 is 0 Å². The predicted molar refractivity (Wildman–Crippen MR) is 100 cm³/mol. The zero-order chi connectivity index (χ0) is 19.0. The highest BCUT2D eigenvalue weighted by Gasteiger charge is 2.29. The highest BCUT2D eigenvalue weighted by atomic mass is 16.5. The van der Waals surface area contributed by atoms with Crippen molar-refractivity contribution in [1.82, 2.24) is 29.4 Å². The normalized spacial score (nSPS) is 18.0. The average Bonchev–Trinajstić information content (AvgIpc) is 3.21. The first kappa shape index (κ1) is 18.2. The number of carbonyl (C=O) groups excluding carboxylic acids is 1. The van der Waals surface area contributed by atoms with Crippen LogP contribution in [0.5, 0.6) is 0 Å². The van der Waals surface area contributed by atoms with Crippen LogP contribution in [0.25, 0.3) is 0 Å². The van der Waals surface area contributed by atoms with Crippen LogP contribution in [-0.2, 0) is 37.8 Å². The standard InChI is InChI=1S/C19H28N6O2/c1-4-25-14(2)15(11-20-25)19(26)24-6-5-18-16(12-24)17(21-22(18)3)13-23-7-9-27-10-8-23/h11H,4-10,12-13H2,1-3H3. The largest absolute Gasteiger partial charge is 0.379 e. The van der Waals surface area contributed by atoms with Crippen molar-refractivity contribution in [3.05, 3.63) is 34.4 Å². The summed E-state index contributed by atoms with van der Waals surface area (Å²) in [5.74, 6) is 0.0685. The molecule has 27 heavy (non-hydrogen) atoms. The minimum absolute atomic E-state index is 0.0685. The molecular weight excluding hydrogens is 344 g/mol. The van der Waals surface area contributed by atoms with E-state index in [9.17, 15) is 4.79 Å². The quantitative estimate of drug-likeness (QED) is 0.800. The first-order chi connectivity index (χ1) is 13.1. The molecule has 8 nitrogen and oxygen atoms in total. The van der Waals surface area contributed by atoms with Gasteiger partial charge in [0.2, 0.25) is 0 Å². The number of hydrogen-bond acceptors (Lipinski definition) is 5. The van der Waals surface area contributed by atoms with Gasteiger partial charge in [-0.3, -0.25) is 19.1 Å². The Balaban J connectivity index is 1.54. The molecule has 0 atom stereocenters. The lowest BCUT2D eigenvalue weighted by molar-refractivity contribution is 0.0333. The maximum absolute atomic E-state index is 13.1. The van der Waals surface area contributed by atoms with Crippen molar-refractivity contribution in [2.24, 2.45) is 7.05 Å². The minimum Gasteiger partial charge on any atom is -0.379 e. The maximum Gasteiger partial charge on any atom is 0.257 e. The van der Waals surface area contributed by atoms with Crippen LogP contribution in [-0.4, -0.2) is 68.1 Å². The first-order valence-corrected chi connectivity index (χ1v) is 9.74. The Bertz CT molecular complexity index is 834.